The van der Waals surface area contributed by atoms with E-state index < -0.39 is 10.0 Å². The highest BCUT2D eigenvalue weighted by atomic mass is 79.9. The van der Waals surface area contributed by atoms with Gasteiger partial charge in [-0.1, -0.05) is 15.9 Å². The molecule has 0 aromatic heterocycles. The first-order valence-corrected chi connectivity index (χ1v) is 7.79. The summed E-state index contributed by atoms with van der Waals surface area (Å²) in [6, 6.07) is 6.29. The second kappa shape index (κ2) is 5.38. The van der Waals surface area contributed by atoms with E-state index in [9.17, 15) is 13.2 Å². The highest BCUT2D eigenvalue weighted by Crippen LogP contribution is 2.14. The summed E-state index contributed by atoms with van der Waals surface area (Å²) in [5.74, 6) is -0.0251. The Labute approximate surface area is 114 Å². The van der Waals surface area contributed by atoms with Gasteiger partial charge in [-0.2, -0.15) is 0 Å². The van der Waals surface area contributed by atoms with Crippen LogP contribution in [0.4, 0.5) is 0 Å². The largest absolute Gasteiger partial charge is 0.352 e. The van der Waals surface area contributed by atoms with E-state index in [0.717, 1.165) is 4.47 Å². The van der Waals surface area contributed by atoms with Crippen molar-refractivity contribution in [2.45, 2.75) is 23.8 Å². The van der Waals surface area contributed by atoms with Crippen molar-refractivity contribution < 1.29 is 13.2 Å². The number of amides is 1. The van der Waals surface area contributed by atoms with Crippen LogP contribution in [0.5, 0.6) is 0 Å². The van der Waals surface area contributed by atoms with Crippen molar-refractivity contribution in [1.29, 1.82) is 0 Å². The highest BCUT2D eigenvalue weighted by Gasteiger charge is 2.23. The molecule has 1 saturated heterocycles. The van der Waals surface area contributed by atoms with Gasteiger partial charge in [-0.25, -0.2) is 13.1 Å². The SMILES string of the molecule is O=C1CCC(CNS(=O)(=O)c2ccc(Br)cc2)N1. The second-order valence-corrected chi connectivity index (χ2v) is 6.79. The van der Waals surface area contributed by atoms with Gasteiger partial charge in [0.05, 0.1) is 4.90 Å². The van der Waals surface area contributed by atoms with Gasteiger partial charge in [-0.3, -0.25) is 4.79 Å². The molecule has 1 atom stereocenters. The van der Waals surface area contributed by atoms with Crippen LogP contribution >= 0.6 is 15.9 Å². The molecule has 0 spiro atoms. The molecule has 1 aromatic carbocycles. The van der Waals surface area contributed by atoms with Crippen LogP contribution in [-0.4, -0.2) is 26.9 Å². The van der Waals surface area contributed by atoms with E-state index in [1.807, 2.05) is 0 Å². The van der Waals surface area contributed by atoms with Crippen LogP contribution in [-0.2, 0) is 14.8 Å². The molecule has 0 radical (unpaired) electrons. The molecule has 1 aromatic rings. The number of benzene rings is 1. The fraction of sp³-hybridized carbons (Fsp3) is 0.364. The average molecular weight is 333 g/mol. The lowest BCUT2D eigenvalue weighted by Gasteiger charge is -2.11. The molecule has 1 heterocycles. The van der Waals surface area contributed by atoms with Gasteiger partial charge >= 0.3 is 0 Å². The molecule has 2 rings (SSSR count). The van der Waals surface area contributed by atoms with Crippen LogP contribution in [0.1, 0.15) is 12.8 Å². The smallest absolute Gasteiger partial charge is 0.240 e. The van der Waals surface area contributed by atoms with Crippen molar-refractivity contribution in [3.8, 4) is 0 Å². The molecule has 1 aliphatic rings. The molecule has 1 amide bonds. The Morgan fingerprint density at radius 2 is 2.00 bits per heavy atom. The minimum absolute atomic E-state index is 0.0251. The third-order valence-corrected chi connectivity index (χ3v) is 4.70. The summed E-state index contributed by atoms with van der Waals surface area (Å²) in [6.07, 6.45) is 1.13. The number of sulfonamides is 1. The van der Waals surface area contributed by atoms with Gasteiger partial charge in [0, 0.05) is 23.5 Å². The normalized spacial score (nSPS) is 19.8. The summed E-state index contributed by atoms with van der Waals surface area (Å²) in [5, 5.41) is 2.71. The minimum atomic E-state index is -3.50. The van der Waals surface area contributed by atoms with Crippen LogP contribution in [0, 0.1) is 0 Å². The summed E-state index contributed by atoms with van der Waals surface area (Å²) in [6.45, 7) is 0.226. The van der Waals surface area contributed by atoms with Crippen molar-refractivity contribution in [2.24, 2.45) is 0 Å². The molecule has 98 valence electrons. The van der Waals surface area contributed by atoms with E-state index in [-0.39, 0.29) is 23.4 Å². The first kappa shape index (κ1) is 13.5. The Morgan fingerprint density at radius 3 is 2.56 bits per heavy atom. The maximum absolute atomic E-state index is 11.9. The van der Waals surface area contributed by atoms with Gasteiger partial charge in [0.15, 0.2) is 0 Å². The van der Waals surface area contributed by atoms with Crippen LogP contribution in [0.2, 0.25) is 0 Å². The zero-order valence-electron chi connectivity index (χ0n) is 9.52. The van der Waals surface area contributed by atoms with Crippen LogP contribution in [0.15, 0.2) is 33.6 Å². The summed E-state index contributed by atoms with van der Waals surface area (Å²) in [4.78, 5) is 11.2. The maximum Gasteiger partial charge on any atom is 0.240 e. The van der Waals surface area contributed by atoms with Crippen molar-refractivity contribution >= 4 is 31.9 Å². The Bertz CT molecular complexity index is 542. The topological polar surface area (TPSA) is 75.3 Å². The monoisotopic (exact) mass is 332 g/mol. The lowest BCUT2D eigenvalue weighted by Crippen LogP contribution is -2.38. The Balaban J connectivity index is 1.99. The van der Waals surface area contributed by atoms with Gasteiger partial charge in [0.1, 0.15) is 0 Å². The number of hydrogen-bond donors (Lipinski definition) is 2. The zero-order chi connectivity index (χ0) is 13.2. The molecule has 0 aliphatic carbocycles. The third kappa shape index (κ3) is 3.30. The number of rotatable bonds is 4. The quantitative estimate of drug-likeness (QED) is 0.863. The van der Waals surface area contributed by atoms with Crippen molar-refractivity contribution in [2.75, 3.05) is 6.54 Å². The lowest BCUT2D eigenvalue weighted by molar-refractivity contribution is -0.119. The summed E-state index contributed by atoms with van der Waals surface area (Å²) in [7, 11) is -3.50. The van der Waals surface area contributed by atoms with Crippen LogP contribution in [0.3, 0.4) is 0 Å². The molecule has 1 fully saturated rings. The van der Waals surface area contributed by atoms with E-state index in [2.05, 4.69) is 26.0 Å². The lowest BCUT2D eigenvalue weighted by atomic mass is 10.2. The second-order valence-electron chi connectivity index (χ2n) is 4.11. The standard InChI is InChI=1S/C11H13BrN2O3S/c12-8-1-4-10(5-2-8)18(16,17)13-7-9-3-6-11(15)14-9/h1-2,4-5,9,13H,3,6-7H2,(H,14,15). The fourth-order valence-electron chi connectivity index (χ4n) is 1.74. The van der Waals surface area contributed by atoms with Gasteiger partial charge in [-0.15, -0.1) is 0 Å². The average Bonchev–Trinajstić information content (AvgIpc) is 2.73. The molecule has 0 bridgehead atoms. The number of nitrogens with one attached hydrogen (secondary N) is 2. The highest BCUT2D eigenvalue weighted by molar-refractivity contribution is 9.10. The molecule has 5 nitrogen and oxygen atoms in total. The molecule has 2 N–H and O–H groups in total. The summed E-state index contributed by atoms with van der Waals surface area (Å²) >= 11 is 3.25. The van der Waals surface area contributed by atoms with Crippen molar-refractivity contribution in [3.63, 3.8) is 0 Å². The molecule has 7 heteroatoms. The van der Waals surface area contributed by atoms with E-state index in [0.29, 0.717) is 12.8 Å². The van der Waals surface area contributed by atoms with Crippen LogP contribution < -0.4 is 10.0 Å². The number of halogens is 1. The predicted octanol–water partition coefficient (Wildman–Crippen LogP) is 1.01. The summed E-state index contributed by atoms with van der Waals surface area (Å²) < 4.78 is 27.2. The Kier molecular flexibility index (Phi) is 4.04. The third-order valence-electron chi connectivity index (χ3n) is 2.73. The maximum atomic E-state index is 11.9. The Morgan fingerprint density at radius 1 is 1.33 bits per heavy atom. The van der Waals surface area contributed by atoms with Crippen LogP contribution in [0.25, 0.3) is 0 Å². The van der Waals surface area contributed by atoms with E-state index >= 15 is 0 Å². The first-order chi connectivity index (χ1) is 8.47. The van der Waals surface area contributed by atoms with Crippen molar-refractivity contribution in [3.05, 3.63) is 28.7 Å². The molecule has 18 heavy (non-hydrogen) atoms. The number of hydrogen-bond acceptors (Lipinski definition) is 3. The number of carbonyl (C=O) groups is 1. The molecule has 1 unspecified atom stereocenters. The predicted molar refractivity (Wildman–Crippen MR) is 70.5 cm³/mol. The molecule has 1 aliphatic heterocycles. The van der Waals surface area contributed by atoms with E-state index in [1.54, 1.807) is 12.1 Å². The number of carbonyl (C=O) groups excluding carboxylic acids is 1. The molecule has 0 saturated carbocycles. The zero-order valence-corrected chi connectivity index (χ0v) is 11.9. The van der Waals surface area contributed by atoms with Gasteiger partial charge in [0.25, 0.3) is 0 Å². The van der Waals surface area contributed by atoms with Gasteiger partial charge in [-0.05, 0) is 30.7 Å². The molecular weight excluding hydrogens is 320 g/mol. The summed E-state index contributed by atoms with van der Waals surface area (Å²) in [5.41, 5.74) is 0. The molecular formula is C11H13BrN2O3S. The first-order valence-electron chi connectivity index (χ1n) is 5.52. The van der Waals surface area contributed by atoms with E-state index in [4.69, 9.17) is 0 Å². The fourth-order valence-corrected chi connectivity index (χ4v) is 3.08. The minimum Gasteiger partial charge on any atom is -0.352 e. The van der Waals surface area contributed by atoms with Crippen molar-refractivity contribution in [1.82, 2.24) is 10.0 Å². The van der Waals surface area contributed by atoms with Gasteiger partial charge in [0.2, 0.25) is 15.9 Å². The van der Waals surface area contributed by atoms with E-state index in [1.165, 1.54) is 12.1 Å². The van der Waals surface area contributed by atoms with Gasteiger partial charge < -0.3 is 5.32 Å². The Hall–Kier alpha value is -0.920.